The molecule has 0 aliphatic rings. The molecule has 0 bridgehead atoms. The molecule has 0 saturated carbocycles. The number of rotatable bonds is 6. The zero-order chi connectivity index (χ0) is 13.1. The van der Waals surface area contributed by atoms with Gasteiger partial charge >= 0.3 is 0 Å². The van der Waals surface area contributed by atoms with Crippen molar-refractivity contribution in [2.24, 2.45) is 7.05 Å². The summed E-state index contributed by atoms with van der Waals surface area (Å²) in [6, 6.07) is 0. The first-order valence-corrected chi connectivity index (χ1v) is 6.59. The Bertz CT molecular complexity index is 463. The van der Waals surface area contributed by atoms with Crippen LogP contribution >= 0.6 is 0 Å². The zero-order valence-electron chi connectivity index (χ0n) is 9.87. The number of aliphatic hydroxyl groups excluding tert-OH is 2. The van der Waals surface area contributed by atoms with Crippen molar-refractivity contribution < 1.29 is 18.6 Å². The van der Waals surface area contributed by atoms with E-state index in [9.17, 15) is 8.42 Å². The van der Waals surface area contributed by atoms with Gasteiger partial charge in [0.15, 0.2) is 0 Å². The Morgan fingerprint density at radius 3 is 2.24 bits per heavy atom. The Kier molecular flexibility index (Phi) is 4.63. The maximum atomic E-state index is 12.2. The van der Waals surface area contributed by atoms with Crippen molar-refractivity contribution in [2.45, 2.75) is 11.8 Å². The third-order valence-electron chi connectivity index (χ3n) is 2.29. The number of aromatic nitrogens is 2. The summed E-state index contributed by atoms with van der Waals surface area (Å²) in [5.74, 6) is 0. The molecule has 7 nitrogen and oxygen atoms in total. The van der Waals surface area contributed by atoms with Crippen molar-refractivity contribution in [2.75, 3.05) is 26.3 Å². The Morgan fingerprint density at radius 2 is 1.88 bits per heavy atom. The maximum Gasteiger partial charge on any atom is 0.246 e. The molecule has 1 aromatic rings. The van der Waals surface area contributed by atoms with Gasteiger partial charge in [0, 0.05) is 26.3 Å². The summed E-state index contributed by atoms with van der Waals surface area (Å²) in [5, 5.41) is 21.6. The summed E-state index contributed by atoms with van der Waals surface area (Å²) in [4.78, 5) is 0.0990. The second kappa shape index (κ2) is 5.58. The third kappa shape index (κ3) is 3.03. The molecule has 0 aromatic carbocycles. The molecule has 17 heavy (non-hydrogen) atoms. The SMILES string of the molecule is Cc1nn(C)cc1S(=O)(=O)N(CCO)CCO. The molecule has 0 atom stereocenters. The van der Waals surface area contributed by atoms with Crippen LogP contribution in [0.15, 0.2) is 11.1 Å². The van der Waals surface area contributed by atoms with E-state index >= 15 is 0 Å². The van der Waals surface area contributed by atoms with Crippen LogP contribution in [0.2, 0.25) is 0 Å². The molecule has 1 rings (SSSR count). The Morgan fingerprint density at radius 1 is 1.35 bits per heavy atom. The predicted octanol–water partition coefficient (Wildman–Crippen LogP) is -1.30. The van der Waals surface area contributed by atoms with Gasteiger partial charge < -0.3 is 10.2 Å². The van der Waals surface area contributed by atoms with E-state index in [0.29, 0.717) is 5.69 Å². The Labute approximate surface area is 100 Å². The molecule has 0 radical (unpaired) electrons. The van der Waals surface area contributed by atoms with Gasteiger partial charge in [-0.2, -0.15) is 9.40 Å². The lowest BCUT2D eigenvalue weighted by molar-refractivity contribution is 0.217. The number of nitrogens with zero attached hydrogens (tertiary/aromatic N) is 3. The van der Waals surface area contributed by atoms with Crippen LogP contribution in [0.25, 0.3) is 0 Å². The van der Waals surface area contributed by atoms with Crippen molar-refractivity contribution >= 4 is 10.0 Å². The van der Waals surface area contributed by atoms with Gasteiger partial charge in [-0.3, -0.25) is 4.68 Å². The monoisotopic (exact) mass is 263 g/mol. The molecule has 0 unspecified atom stereocenters. The van der Waals surface area contributed by atoms with E-state index in [1.165, 1.54) is 10.9 Å². The number of hydrogen-bond donors (Lipinski definition) is 2. The smallest absolute Gasteiger partial charge is 0.246 e. The van der Waals surface area contributed by atoms with Gasteiger partial charge in [-0.15, -0.1) is 0 Å². The molecule has 0 amide bonds. The van der Waals surface area contributed by atoms with Crippen LogP contribution in [0.5, 0.6) is 0 Å². The standard InChI is InChI=1S/C9H17N3O4S/c1-8-9(7-11(2)10-8)17(15,16)12(3-5-13)4-6-14/h7,13-14H,3-6H2,1-2H3. The van der Waals surface area contributed by atoms with E-state index in [1.807, 2.05) is 0 Å². The minimum atomic E-state index is -3.71. The minimum Gasteiger partial charge on any atom is -0.395 e. The fraction of sp³-hybridized carbons (Fsp3) is 0.667. The van der Waals surface area contributed by atoms with Gasteiger partial charge in [-0.05, 0) is 6.92 Å². The van der Waals surface area contributed by atoms with Crippen molar-refractivity contribution in [3.05, 3.63) is 11.9 Å². The summed E-state index contributed by atoms with van der Waals surface area (Å²) >= 11 is 0. The normalized spacial score (nSPS) is 12.3. The minimum absolute atomic E-state index is 0.0444. The molecule has 1 heterocycles. The van der Waals surface area contributed by atoms with Crippen molar-refractivity contribution in [1.29, 1.82) is 0 Å². The first-order chi connectivity index (χ1) is 7.93. The van der Waals surface area contributed by atoms with Crippen LogP contribution < -0.4 is 0 Å². The molecule has 8 heteroatoms. The van der Waals surface area contributed by atoms with Crippen LogP contribution in [0.4, 0.5) is 0 Å². The summed E-state index contributed by atoms with van der Waals surface area (Å²) in [7, 11) is -2.07. The quantitative estimate of drug-likeness (QED) is 0.665. The van der Waals surface area contributed by atoms with E-state index in [2.05, 4.69) is 5.10 Å². The lowest BCUT2D eigenvalue weighted by Crippen LogP contribution is -2.36. The van der Waals surface area contributed by atoms with Crippen LogP contribution in [0.3, 0.4) is 0 Å². The van der Waals surface area contributed by atoms with E-state index in [4.69, 9.17) is 10.2 Å². The van der Waals surface area contributed by atoms with Crippen LogP contribution in [-0.2, 0) is 17.1 Å². The van der Waals surface area contributed by atoms with Crippen molar-refractivity contribution in [3.8, 4) is 0 Å². The van der Waals surface area contributed by atoms with E-state index in [0.717, 1.165) is 4.31 Å². The average Bonchev–Trinajstić information content (AvgIpc) is 2.58. The Balaban J connectivity index is 3.11. The lowest BCUT2D eigenvalue weighted by atomic mass is 10.5. The number of aliphatic hydroxyl groups is 2. The third-order valence-corrected chi connectivity index (χ3v) is 4.29. The number of hydrogen-bond acceptors (Lipinski definition) is 5. The highest BCUT2D eigenvalue weighted by Crippen LogP contribution is 2.17. The summed E-state index contributed by atoms with van der Waals surface area (Å²) in [5.41, 5.74) is 0.397. The second-order valence-corrected chi connectivity index (χ2v) is 5.51. The van der Waals surface area contributed by atoms with E-state index in [-0.39, 0.29) is 31.2 Å². The highest BCUT2D eigenvalue weighted by Gasteiger charge is 2.27. The van der Waals surface area contributed by atoms with Gasteiger partial charge in [0.25, 0.3) is 0 Å². The molecule has 0 aliphatic carbocycles. The fourth-order valence-corrected chi connectivity index (χ4v) is 3.17. The first-order valence-electron chi connectivity index (χ1n) is 5.15. The summed E-state index contributed by atoms with van der Waals surface area (Å²) in [6.45, 7) is 0.925. The summed E-state index contributed by atoms with van der Waals surface area (Å²) in [6.07, 6.45) is 1.41. The predicted molar refractivity (Wildman–Crippen MR) is 60.9 cm³/mol. The van der Waals surface area contributed by atoms with Crippen molar-refractivity contribution in [1.82, 2.24) is 14.1 Å². The van der Waals surface area contributed by atoms with Gasteiger partial charge in [0.1, 0.15) is 4.90 Å². The molecule has 1 aromatic heterocycles. The lowest BCUT2D eigenvalue weighted by Gasteiger charge is -2.19. The summed E-state index contributed by atoms with van der Waals surface area (Å²) < 4.78 is 26.8. The molecular formula is C9H17N3O4S. The average molecular weight is 263 g/mol. The molecule has 0 aliphatic heterocycles. The van der Waals surface area contributed by atoms with Crippen LogP contribution in [0, 0.1) is 6.92 Å². The molecule has 2 N–H and O–H groups in total. The van der Waals surface area contributed by atoms with Crippen LogP contribution in [0.1, 0.15) is 5.69 Å². The number of aryl methyl sites for hydroxylation is 2. The molecular weight excluding hydrogens is 246 g/mol. The van der Waals surface area contributed by atoms with Crippen molar-refractivity contribution in [3.63, 3.8) is 0 Å². The van der Waals surface area contributed by atoms with Gasteiger partial charge in [0.05, 0.1) is 18.9 Å². The van der Waals surface area contributed by atoms with E-state index < -0.39 is 10.0 Å². The second-order valence-electron chi connectivity index (χ2n) is 3.60. The largest absolute Gasteiger partial charge is 0.395 e. The topological polar surface area (TPSA) is 95.7 Å². The number of sulfonamides is 1. The molecule has 0 saturated heterocycles. The van der Waals surface area contributed by atoms with Gasteiger partial charge in [-0.25, -0.2) is 8.42 Å². The maximum absolute atomic E-state index is 12.2. The highest BCUT2D eigenvalue weighted by molar-refractivity contribution is 7.89. The van der Waals surface area contributed by atoms with Crippen LogP contribution in [-0.4, -0.2) is 59.0 Å². The Hall–Kier alpha value is -0.960. The van der Waals surface area contributed by atoms with Gasteiger partial charge in [-0.1, -0.05) is 0 Å². The highest BCUT2D eigenvalue weighted by atomic mass is 32.2. The molecule has 0 fully saturated rings. The fourth-order valence-electron chi connectivity index (χ4n) is 1.55. The molecule has 98 valence electrons. The van der Waals surface area contributed by atoms with E-state index in [1.54, 1.807) is 14.0 Å². The first kappa shape index (κ1) is 14.1. The zero-order valence-corrected chi connectivity index (χ0v) is 10.7. The van der Waals surface area contributed by atoms with Gasteiger partial charge in [0.2, 0.25) is 10.0 Å². The molecule has 0 spiro atoms.